The number of carbonyl (C=O) groups excluding carboxylic acids is 2. The summed E-state index contributed by atoms with van der Waals surface area (Å²) in [4.78, 5) is 29.2. The maximum atomic E-state index is 12.0. The van der Waals surface area contributed by atoms with Gasteiger partial charge in [0.25, 0.3) is 11.8 Å². The molecule has 25 heavy (non-hydrogen) atoms. The highest BCUT2D eigenvalue weighted by Crippen LogP contribution is 2.02. The second-order valence-corrected chi connectivity index (χ2v) is 4.80. The van der Waals surface area contributed by atoms with Crippen LogP contribution in [0.2, 0.25) is 0 Å². The van der Waals surface area contributed by atoms with E-state index in [0.29, 0.717) is 17.6 Å². The Kier molecular flexibility index (Phi) is 8.69. The summed E-state index contributed by atoms with van der Waals surface area (Å²) in [6, 6.07) is 1.31. The van der Waals surface area contributed by atoms with Crippen LogP contribution in [0.25, 0.3) is 20.9 Å². The Balaban J connectivity index is 2.61. The molecule has 1 aromatic heterocycles. The van der Waals surface area contributed by atoms with Gasteiger partial charge in [0.2, 0.25) is 0 Å². The third-order valence-electron chi connectivity index (χ3n) is 2.94. The van der Waals surface area contributed by atoms with Crippen LogP contribution in [0, 0.1) is 5.21 Å². The van der Waals surface area contributed by atoms with E-state index in [1.165, 1.54) is 6.07 Å². The third kappa shape index (κ3) is 7.55. The molecule has 0 aliphatic carbocycles. The Hall–Kier alpha value is -3.49. The number of rotatable bonds is 10. The first kappa shape index (κ1) is 19.6. The number of carbonyl (C=O) groups is 2. The van der Waals surface area contributed by atoms with Crippen molar-refractivity contribution in [2.75, 3.05) is 26.2 Å². The largest absolute Gasteiger partial charge is 0.619 e. The van der Waals surface area contributed by atoms with Gasteiger partial charge in [-0.1, -0.05) is 10.2 Å². The van der Waals surface area contributed by atoms with Crippen LogP contribution in [0.5, 0.6) is 0 Å². The van der Waals surface area contributed by atoms with Gasteiger partial charge in [-0.3, -0.25) is 9.59 Å². The molecule has 0 saturated carbocycles. The van der Waals surface area contributed by atoms with Crippen LogP contribution in [0.3, 0.4) is 0 Å². The number of nitrogens with zero attached hydrogens (tertiary/aromatic N) is 7. The second kappa shape index (κ2) is 11.1. The highest BCUT2D eigenvalue weighted by atomic mass is 16.5. The molecular formula is C13H17N9O3. The molecule has 0 unspecified atom stereocenters. The monoisotopic (exact) mass is 347 g/mol. The maximum absolute atomic E-state index is 12.0. The van der Waals surface area contributed by atoms with Gasteiger partial charge in [-0.25, -0.2) is 0 Å². The molecule has 0 aliphatic heterocycles. The average molecular weight is 347 g/mol. The molecule has 1 heterocycles. The van der Waals surface area contributed by atoms with Crippen molar-refractivity contribution in [2.45, 2.75) is 12.8 Å². The SMILES string of the molecule is [N-]=[N+]=NCCCNC(=O)c1cc(C(=O)NCCCN=[N+]=[N-])c[n+]([O-])c1. The van der Waals surface area contributed by atoms with E-state index in [9.17, 15) is 14.8 Å². The molecule has 132 valence electrons. The van der Waals surface area contributed by atoms with Crippen molar-refractivity contribution in [3.05, 3.63) is 55.7 Å². The molecule has 1 rings (SSSR count). The van der Waals surface area contributed by atoms with Crippen LogP contribution >= 0.6 is 0 Å². The van der Waals surface area contributed by atoms with E-state index in [0.717, 1.165) is 12.4 Å². The molecular weight excluding hydrogens is 330 g/mol. The molecule has 0 spiro atoms. The fraction of sp³-hybridized carbons (Fsp3) is 0.462. The molecule has 2 N–H and O–H groups in total. The van der Waals surface area contributed by atoms with Crippen molar-refractivity contribution < 1.29 is 14.3 Å². The predicted octanol–water partition coefficient (Wildman–Crippen LogP) is 1.18. The van der Waals surface area contributed by atoms with Crippen molar-refractivity contribution in [2.24, 2.45) is 10.2 Å². The number of azide groups is 2. The average Bonchev–Trinajstić information content (AvgIpc) is 2.60. The number of hydrogen-bond donors (Lipinski definition) is 2. The van der Waals surface area contributed by atoms with Crippen molar-refractivity contribution in [3.8, 4) is 0 Å². The zero-order valence-electron chi connectivity index (χ0n) is 13.3. The normalized spacial score (nSPS) is 9.44. The summed E-state index contributed by atoms with van der Waals surface area (Å²) in [6.45, 7) is 1.03. The van der Waals surface area contributed by atoms with Crippen LogP contribution in [0.4, 0.5) is 0 Å². The minimum Gasteiger partial charge on any atom is -0.619 e. The van der Waals surface area contributed by atoms with Crippen molar-refractivity contribution in [1.29, 1.82) is 0 Å². The van der Waals surface area contributed by atoms with E-state index in [1.54, 1.807) is 0 Å². The van der Waals surface area contributed by atoms with E-state index >= 15 is 0 Å². The zero-order valence-corrected chi connectivity index (χ0v) is 13.3. The van der Waals surface area contributed by atoms with Gasteiger partial charge in [-0.05, 0) is 30.0 Å². The van der Waals surface area contributed by atoms with Crippen molar-refractivity contribution >= 4 is 11.8 Å². The number of aromatic nitrogens is 1. The van der Waals surface area contributed by atoms with Crippen molar-refractivity contribution in [3.63, 3.8) is 0 Å². The number of amides is 2. The fourth-order valence-corrected chi connectivity index (χ4v) is 1.80. The second-order valence-electron chi connectivity index (χ2n) is 4.80. The van der Waals surface area contributed by atoms with Crippen LogP contribution < -0.4 is 15.4 Å². The van der Waals surface area contributed by atoms with Crippen LogP contribution in [0.15, 0.2) is 28.7 Å². The first-order valence-corrected chi connectivity index (χ1v) is 7.40. The topological polar surface area (TPSA) is 183 Å². The van der Waals surface area contributed by atoms with Gasteiger partial charge in [-0.2, -0.15) is 4.73 Å². The zero-order chi connectivity index (χ0) is 18.5. The van der Waals surface area contributed by atoms with E-state index in [2.05, 4.69) is 30.7 Å². The van der Waals surface area contributed by atoms with Gasteiger partial charge in [0.05, 0.1) is 0 Å². The minimum absolute atomic E-state index is 0.0421. The van der Waals surface area contributed by atoms with Gasteiger partial charge in [0, 0.05) is 36.0 Å². The van der Waals surface area contributed by atoms with Gasteiger partial charge in [0.1, 0.15) is 11.1 Å². The number of nitrogens with one attached hydrogen (secondary N) is 2. The molecule has 0 radical (unpaired) electrons. The van der Waals surface area contributed by atoms with Gasteiger partial charge >= 0.3 is 0 Å². The maximum Gasteiger partial charge on any atom is 0.257 e. The van der Waals surface area contributed by atoms with Gasteiger partial charge in [0.15, 0.2) is 12.4 Å². The van der Waals surface area contributed by atoms with Crippen LogP contribution in [-0.4, -0.2) is 38.0 Å². The first-order chi connectivity index (χ1) is 12.1. The first-order valence-electron chi connectivity index (χ1n) is 7.40. The molecule has 12 nitrogen and oxygen atoms in total. The van der Waals surface area contributed by atoms with Crippen LogP contribution in [0.1, 0.15) is 33.6 Å². The summed E-state index contributed by atoms with van der Waals surface area (Å²) < 4.78 is 0.379. The Morgan fingerprint density at radius 2 is 1.44 bits per heavy atom. The fourth-order valence-electron chi connectivity index (χ4n) is 1.80. The van der Waals surface area contributed by atoms with E-state index < -0.39 is 11.8 Å². The van der Waals surface area contributed by atoms with Gasteiger partial charge in [-0.15, -0.1) is 0 Å². The Morgan fingerprint density at radius 1 is 1.00 bits per heavy atom. The lowest BCUT2D eigenvalue weighted by Crippen LogP contribution is -2.34. The molecule has 0 aliphatic rings. The van der Waals surface area contributed by atoms with Gasteiger partial charge < -0.3 is 15.8 Å². The summed E-state index contributed by atoms with van der Waals surface area (Å²) >= 11 is 0. The lowest BCUT2D eigenvalue weighted by molar-refractivity contribution is -0.605. The minimum atomic E-state index is -0.511. The molecule has 0 saturated heterocycles. The summed E-state index contributed by atoms with van der Waals surface area (Å²) in [7, 11) is 0. The van der Waals surface area contributed by atoms with E-state index in [4.69, 9.17) is 11.1 Å². The number of hydrogen-bond acceptors (Lipinski definition) is 5. The molecule has 1 aromatic rings. The predicted molar refractivity (Wildman–Crippen MR) is 87.3 cm³/mol. The third-order valence-corrected chi connectivity index (χ3v) is 2.94. The molecule has 0 bridgehead atoms. The highest BCUT2D eigenvalue weighted by molar-refractivity contribution is 5.98. The smallest absolute Gasteiger partial charge is 0.257 e. The molecule has 0 atom stereocenters. The van der Waals surface area contributed by atoms with Crippen LogP contribution in [-0.2, 0) is 0 Å². The van der Waals surface area contributed by atoms with E-state index in [-0.39, 0.29) is 37.3 Å². The molecule has 0 fully saturated rings. The highest BCUT2D eigenvalue weighted by Gasteiger charge is 2.15. The number of pyridine rings is 1. The Labute approximate surface area is 142 Å². The Morgan fingerprint density at radius 3 is 1.84 bits per heavy atom. The molecule has 12 heteroatoms. The Bertz CT molecular complexity index is 652. The standard InChI is InChI=1S/C13H17N9O3/c14-20-18-5-1-3-16-12(23)10-7-11(9-22(25)8-10)13(24)17-4-2-6-19-21-15/h7-9H,1-6H2,(H,16,23)(H,17,24). The summed E-state index contributed by atoms with van der Waals surface area (Å²) in [6.07, 6.45) is 3.03. The summed E-state index contributed by atoms with van der Waals surface area (Å²) in [5.41, 5.74) is 16.4. The summed E-state index contributed by atoms with van der Waals surface area (Å²) in [5.74, 6) is -1.02. The molecule has 0 aromatic carbocycles. The quantitative estimate of drug-likeness (QED) is 0.161. The molecule has 2 amide bonds. The lowest BCUT2D eigenvalue weighted by Gasteiger charge is -2.07. The van der Waals surface area contributed by atoms with Crippen molar-refractivity contribution in [1.82, 2.24) is 10.6 Å². The van der Waals surface area contributed by atoms with E-state index in [1.807, 2.05) is 0 Å². The summed E-state index contributed by atoms with van der Waals surface area (Å²) in [5, 5.41) is 23.4. The lowest BCUT2D eigenvalue weighted by atomic mass is 10.2.